The van der Waals surface area contributed by atoms with Gasteiger partial charge in [0.25, 0.3) is 0 Å². The van der Waals surface area contributed by atoms with E-state index in [-0.39, 0.29) is 5.25 Å². The third-order valence-corrected chi connectivity index (χ3v) is 5.92. The molecule has 0 aromatic rings. The summed E-state index contributed by atoms with van der Waals surface area (Å²) in [4.78, 5) is 0. The van der Waals surface area contributed by atoms with Gasteiger partial charge in [0.05, 0.1) is 5.25 Å². The Morgan fingerprint density at radius 1 is 1.12 bits per heavy atom. The lowest BCUT2D eigenvalue weighted by atomic mass is 9.87. The Kier molecular flexibility index (Phi) is 4.82. The predicted molar refractivity (Wildman–Crippen MR) is 69.4 cm³/mol. The van der Waals surface area contributed by atoms with Crippen LogP contribution in [0.4, 0.5) is 0 Å². The molecule has 0 amide bonds. The quantitative estimate of drug-likeness (QED) is 0.782. The molecule has 0 spiro atoms. The van der Waals surface area contributed by atoms with Crippen LogP contribution in [0.25, 0.3) is 0 Å². The highest BCUT2D eigenvalue weighted by Gasteiger charge is 2.28. The molecule has 100 valence electrons. The molecule has 0 radical (unpaired) electrons. The highest BCUT2D eigenvalue weighted by Crippen LogP contribution is 2.25. The Balaban J connectivity index is 1.69. The summed E-state index contributed by atoms with van der Waals surface area (Å²) < 4.78 is 26.6. The Bertz CT molecular complexity index is 317. The van der Waals surface area contributed by atoms with Crippen LogP contribution in [0, 0.1) is 5.92 Å². The van der Waals surface area contributed by atoms with E-state index in [0.717, 1.165) is 25.3 Å². The van der Waals surface area contributed by atoms with Gasteiger partial charge in [-0.2, -0.15) is 0 Å². The van der Waals surface area contributed by atoms with Crippen LogP contribution in [0.5, 0.6) is 0 Å². The van der Waals surface area contributed by atoms with Crippen molar-refractivity contribution in [1.29, 1.82) is 0 Å². The minimum Gasteiger partial charge on any atom is -0.315 e. The molecule has 2 aliphatic rings. The molecule has 1 unspecified atom stereocenters. The summed E-state index contributed by atoms with van der Waals surface area (Å²) in [5, 5.41) is 2.89. The SMILES string of the molecule is O=S(=O)(NCCC1CCCCC1)C1CCNC1. The molecule has 0 aromatic heterocycles. The Morgan fingerprint density at radius 2 is 1.88 bits per heavy atom. The van der Waals surface area contributed by atoms with Crippen molar-refractivity contribution in [2.45, 2.75) is 50.2 Å². The maximum atomic E-state index is 11.9. The zero-order valence-electron chi connectivity index (χ0n) is 10.5. The second-order valence-corrected chi connectivity index (χ2v) is 7.39. The zero-order valence-corrected chi connectivity index (χ0v) is 11.3. The van der Waals surface area contributed by atoms with Crippen LogP contribution in [-0.4, -0.2) is 33.3 Å². The number of hydrogen-bond donors (Lipinski definition) is 2. The average Bonchev–Trinajstić information content (AvgIpc) is 2.84. The van der Waals surface area contributed by atoms with Crippen molar-refractivity contribution < 1.29 is 8.42 Å². The maximum Gasteiger partial charge on any atom is 0.215 e. The van der Waals surface area contributed by atoms with Gasteiger partial charge in [-0.1, -0.05) is 32.1 Å². The average molecular weight is 260 g/mol. The molecule has 2 fully saturated rings. The second-order valence-electron chi connectivity index (χ2n) is 5.35. The first-order chi connectivity index (χ1) is 8.18. The van der Waals surface area contributed by atoms with Gasteiger partial charge in [0.2, 0.25) is 10.0 Å². The van der Waals surface area contributed by atoms with Crippen LogP contribution in [0.3, 0.4) is 0 Å². The van der Waals surface area contributed by atoms with Crippen molar-refractivity contribution in [3.8, 4) is 0 Å². The molecule has 17 heavy (non-hydrogen) atoms. The fourth-order valence-corrected chi connectivity index (χ4v) is 4.30. The van der Waals surface area contributed by atoms with Crippen LogP contribution in [0.2, 0.25) is 0 Å². The topological polar surface area (TPSA) is 58.2 Å². The largest absolute Gasteiger partial charge is 0.315 e. The standard InChI is InChI=1S/C12H24N2O2S/c15-17(16,12-7-8-13-10-12)14-9-6-11-4-2-1-3-5-11/h11-14H,1-10H2. The van der Waals surface area contributed by atoms with Gasteiger partial charge in [0, 0.05) is 13.1 Å². The molecule has 2 N–H and O–H groups in total. The fraction of sp³-hybridized carbons (Fsp3) is 1.00. The molecule has 2 rings (SSSR count). The zero-order chi connectivity index (χ0) is 12.1. The molecular formula is C12H24N2O2S. The number of nitrogens with one attached hydrogen (secondary N) is 2. The molecule has 1 aliphatic carbocycles. The van der Waals surface area contributed by atoms with E-state index in [1.165, 1.54) is 32.1 Å². The molecule has 1 heterocycles. The van der Waals surface area contributed by atoms with Gasteiger partial charge >= 0.3 is 0 Å². The molecule has 1 atom stereocenters. The van der Waals surface area contributed by atoms with Crippen molar-refractivity contribution in [1.82, 2.24) is 10.0 Å². The van der Waals surface area contributed by atoms with Gasteiger partial charge in [-0.15, -0.1) is 0 Å². The first-order valence-corrected chi connectivity index (χ1v) is 8.42. The summed E-state index contributed by atoms with van der Waals surface area (Å²) in [5.41, 5.74) is 0. The van der Waals surface area contributed by atoms with E-state index in [1.807, 2.05) is 0 Å². The van der Waals surface area contributed by atoms with Crippen molar-refractivity contribution >= 4 is 10.0 Å². The van der Waals surface area contributed by atoms with E-state index >= 15 is 0 Å². The molecule has 5 heteroatoms. The van der Waals surface area contributed by atoms with E-state index < -0.39 is 10.0 Å². The normalized spacial score (nSPS) is 27.4. The predicted octanol–water partition coefficient (Wildman–Crippen LogP) is 1.24. The monoisotopic (exact) mass is 260 g/mol. The lowest BCUT2D eigenvalue weighted by Gasteiger charge is -2.21. The molecule has 0 bridgehead atoms. The summed E-state index contributed by atoms with van der Waals surface area (Å²) in [6, 6.07) is 0. The van der Waals surface area contributed by atoms with Crippen molar-refractivity contribution in [2.75, 3.05) is 19.6 Å². The minimum absolute atomic E-state index is 0.214. The van der Waals surface area contributed by atoms with Crippen LogP contribution in [0.15, 0.2) is 0 Å². The van der Waals surface area contributed by atoms with Gasteiger partial charge in [0.15, 0.2) is 0 Å². The molecular weight excluding hydrogens is 236 g/mol. The molecule has 1 saturated carbocycles. The van der Waals surface area contributed by atoms with Crippen LogP contribution >= 0.6 is 0 Å². The smallest absolute Gasteiger partial charge is 0.215 e. The van der Waals surface area contributed by atoms with Gasteiger partial charge in [-0.3, -0.25) is 0 Å². The van der Waals surface area contributed by atoms with Crippen molar-refractivity contribution in [2.24, 2.45) is 5.92 Å². The Morgan fingerprint density at radius 3 is 2.53 bits per heavy atom. The van der Waals surface area contributed by atoms with E-state index in [4.69, 9.17) is 0 Å². The molecule has 4 nitrogen and oxygen atoms in total. The van der Waals surface area contributed by atoms with Gasteiger partial charge in [-0.05, 0) is 25.3 Å². The van der Waals surface area contributed by atoms with Gasteiger partial charge < -0.3 is 5.32 Å². The Labute approximate surface area is 105 Å². The fourth-order valence-electron chi connectivity index (χ4n) is 2.89. The van der Waals surface area contributed by atoms with E-state index in [1.54, 1.807) is 0 Å². The van der Waals surface area contributed by atoms with E-state index in [0.29, 0.717) is 13.1 Å². The number of sulfonamides is 1. The van der Waals surface area contributed by atoms with Crippen molar-refractivity contribution in [3.63, 3.8) is 0 Å². The highest BCUT2D eigenvalue weighted by atomic mass is 32.2. The third kappa shape index (κ3) is 3.93. The van der Waals surface area contributed by atoms with Crippen LogP contribution < -0.4 is 10.0 Å². The number of rotatable bonds is 5. The molecule has 1 saturated heterocycles. The number of hydrogen-bond acceptors (Lipinski definition) is 3. The first-order valence-electron chi connectivity index (χ1n) is 6.88. The van der Waals surface area contributed by atoms with Gasteiger partial charge in [-0.25, -0.2) is 13.1 Å². The second kappa shape index (κ2) is 6.16. The summed E-state index contributed by atoms with van der Waals surface area (Å²) in [5.74, 6) is 0.744. The summed E-state index contributed by atoms with van der Waals surface area (Å²) in [7, 11) is -3.07. The van der Waals surface area contributed by atoms with E-state index in [9.17, 15) is 8.42 Å². The van der Waals surface area contributed by atoms with E-state index in [2.05, 4.69) is 10.0 Å². The summed E-state index contributed by atoms with van der Waals surface area (Å²) in [6.45, 7) is 2.07. The Hall–Kier alpha value is -0.130. The lowest BCUT2D eigenvalue weighted by Crippen LogP contribution is -2.36. The first kappa shape index (κ1) is 13.3. The molecule has 1 aliphatic heterocycles. The third-order valence-electron chi connectivity index (χ3n) is 4.03. The summed E-state index contributed by atoms with van der Waals surface area (Å²) in [6.07, 6.45) is 8.33. The lowest BCUT2D eigenvalue weighted by molar-refractivity contribution is 0.339. The van der Waals surface area contributed by atoms with Gasteiger partial charge in [0.1, 0.15) is 0 Å². The minimum atomic E-state index is -3.07. The van der Waals surface area contributed by atoms with Crippen molar-refractivity contribution in [3.05, 3.63) is 0 Å². The highest BCUT2D eigenvalue weighted by molar-refractivity contribution is 7.90. The van der Waals surface area contributed by atoms with Crippen LogP contribution in [0.1, 0.15) is 44.9 Å². The maximum absolute atomic E-state index is 11.9. The summed E-state index contributed by atoms with van der Waals surface area (Å²) >= 11 is 0. The van der Waals surface area contributed by atoms with Crippen LogP contribution in [-0.2, 0) is 10.0 Å². The molecule has 0 aromatic carbocycles.